The second-order valence-corrected chi connectivity index (χ2v) is 7.01. The minimum atomic E-state index is -0.705. The molecule has 0 aromatic heterocycles. The predicted molar refractivity (Wildman–Crippen MR) is 86.3 cm³/mol. The number of halogens is 1. The third kappa shape index (κ3) is 3.99. The van der Waals surface area contributed by atoms with Crippen molar-refractivity contribution in [1.29, 1.82) is 0 Å². The average molecular weight is 358 g/mol. The molecule has 110 valence electrons. The van der Waals surface area contributed by atoms with Crippen LogP contribution in [-0.2, 0) is 4.79 Å². The van der Waals surface area contributed by atoms with E-state index in [1.165, 1.54) is 10.5 Å². The first-order valence-corrected chi connectivity index (χ1v) is 8.77. The molecular weight excluding hydrogens is 338 g/mol. The average Bonchev–Trinajstić information content (AvgIpc) is 2.43. The zero-order chi connectivity index (χ0) is 14.5. The number of aliphatic carboxylic acids is 1. The maximum Gasteiger partial charge on any atom is 0.303 e. The van der Waals surface area contributed by atoms with Crippen molar-refractivity contribution in [2.24, 2.45) is 0 Å². The Hall–Kier alpha value is -0.520. The van der Waals surface area contributed by atoms with E-state index in [2.05, 4.69) is 46.0 Å². The summed E-state index contributed by atoms with van der Waals surface area (Å²) in [7, 11) is 0. The zero-order valence-electron chi connectivity index (χ0n) is 11.6. The molecular formula is C15H20BrNO2S. The Kier molecular flexibility index (Phi) is 5.93. The van der Waals surface area contributed by atoms with Crippen LogP contribution in [0.4, 0.5) is 0 Å². The molecule has 1 atom stereocenters. The van der Waals surface area contributed by atoms with E-state index in [1.54, 1.807) is 0 Å². The van der Waals surface area contributed by atoms with Gasteiger partial charge in [0, 0.05) is 21.8 Å². The van der Waals surface area contributed by atoms with Crippen molar-refractivity contribution < 1.29 is 9.90 Å². The SMILES string of the molecule is CCN(CCCC(=O)O)[C@H]1CCSc2ccc(Br)cc21. The van der Waals surface area contributed by atoms with Crippen molar-refractivity contribution in [2.75, 3.05) is 18.8 Å². The lowest BCUT2D eigenvalue weighted by atomic mass is 10.0. The fraction of sp³-hybridized carbons (Fsp3) is 0.533. The van der Waals surface area contributed by atoms with Crippen molar-refractivity contribution in [3.63, 3.8) is 0 Å². The highest BCUT2D eigenvalue weighted by atomic mass is 79.9. The fourth-order valence-corrected chi connectivity index (χ4v) is 4.16. The van der Waals surface area contributed by atoms with Crippen LogP contribution >= 0.6 is 27.7 Å². The molecule has 0 fully saturated rings. The van der Waals surface area contributed by atoms with E-state index >= 15 is 0 Å². The number of hydrogen-bond acceptors (Lipinski definition) is 3. The van der Waals surface area contributed by atoms with Gasteiger partial charge in [-0.3, -0.25) is 9.69 Å². The van der Waals surface area contributed by atoms with Crippen LogP contribution in [0.25, 0.3) is 0 Å². The first kappa shape index (κ1) is 15.9. The molecule has 1 heterocycles. The fourth-order valence-electron chi connectivity index (χ4n) is 2.69. The second-order valence-electron chi connectivity index (χ2n) is 4.96. The van der Waals surface area contributed by atoms with Gasteiger partial charge in [0.25, 0.3) is 0 Å². The summed E-state index contributed by atoms with van der Waals surface area (Å²) in [5.74, 6) is 0.428. The molecule has 0 unspecified atom stereocenters. The van der Waals surface area contributed by atoms with Crippen molar-refractivity contribution in [3.05, 3.63) is 28.2 Å². The molecule has 1 aromatic carbocycles. The maximum atomic E-state index is 10.7. The molecule has 1 aliphatic rings. The standard InChI is InChI=1S/C15H20BrNO2S/c1-2-17(8-3-4-15(18)19)13-7-9-20-14-6-5-11(16)10-12(13)14/h5-6,10,13H,2-4,7-9H2,1H3,(H,18,19)/t13-/m0/s1. The summed E-state index contributed by atoms with van der Waals surface area (Å²) in [5.41, 5.74) is 1.38. The van der Waals surface area contributed by atoms with E-state index in [9.17, 15) is 4.79 Å². The van der Waals surface area contributed by atoms with Crippen LogP contribution in [0, 0.1) is 0 Å². The van der Waals surface area contributed by atoms with Crippen LogP contribution in [0.1, 0.15) is 37.8 Å². The normalized spacial score (nSPS) is 18.1. The molecule has 0 saturated carbocycles. The summed E-state index contributed by atoms with van der Waals surface area (Å²) in [4.78, 5) is 14.4. The number of fused-ring (bicyclic) bond motifs is 1. The Morgan fingerprint density at radius 2 is 2.35 bits per heavy atom. The number of thioether (sulfide) groups is 1. The van der Waals surface area contributed by atoms with Crippen LogP contribution in [-0.4, -0.2) is 34.8 Å². The van der Waals surface area contributed by atoms with Gasteiger partial charge in [0.15, 0.2) is 0 Å². The number of rotatable bonds is 6. The molecule has 1 N–H and O–H groups in total. The monoisotopic (exact) mass is 357 g/mol. The van der Waals surface area contributed by atoms with Gasteiger partial charge in [-0.05, 0) is 55.4 Å². The van der Waals surface area contributed by atoms with Crippen LogP contribution in [0.15, 0.2) is 27.6 Å². The Morgan fingerprint density at radius 1 is 1.55 bits per heavy atom. The number of hydrogen-bond donors (Lipinski definition) is 1. The van der Waals surface area contributed by atoms with Crippen molar-refractivity contribution in [1.82, 2.24) is 4.90 Å². The van der Waals surface area contributed by atoms with Gasteiger partial charge in [-0.15, -0.1) is 11.8 Å². The highest BCUT2D eigenvalue weighted by Crippen LogP contribution is 2.40. The summed E-state index contributed by atoms with van der Waals surface area (Å²) in [6.07, 6.45) is 2.11. The summed E-state index contributed by atoms with van der Waals surface area (Å²) >= 11 is 5.47. The molecule has 0 aliphatic carbocycles. The number of carboxylic acids is 1. The van der Waals surface area contributed by atoms with Gasteiger partial charge < -0.3 is 5.11 Å². The van der Waals surface area contributed by atoms with E-state index in [4.69, 9.17) is 5.11 Å². The van der Waals surface area contributed by atoms with Crippen LogP contribution in [0.2, 0.25) is 0 Å². The van der Waals surface area contributed by atoms with Gasteiger partial charge in [0.05, 0.1) is 0 Å². The third-order valence-electron chi connectivity index (χ3n) is 3.66. The van der Waals surface area contributed by atoms with Crippen LogP contribution in [0.5, 0.6) is 0 Å². The Bertz CT molecular complexity index is 481. The molecule has 0 saturated heterocycles. The summed E-state index contributed by atoms with van der Waals surface area (Å²) in [6, 6.07) is 6.91. The number of benzene rings is 1. The lowest BCUT2D eigenvalue weighted by molar-refractivity contribution is -0.137. The maximum absolute atomic E-state index is 10.7. The van der Waals surface area contributed by atoms with E-state index in [1.807, 2.05) is 11.8 Å². The third-order valence-corrected chi connectivity index (χ3v) is 5.28. The van der Waals surface area contributed by atoms with E-state index in [0.29, 0.717) is 6.04 Å². The molecule has 3 nitrogen and oxygen atoms in total. The zero-order valence-corrected chi connectivity index (χ0v) is 14.0. The Balaban J connectivity index is 2.11. The number of nitrogens with zero attached hydrogens (tertiary/aromatic N) is 1. The lowest BCUT2D eigenvalue weighted by Gasteiger charge is -2.35. The van der Waals surface area contributed by atoms with Gasteiger partial charge in [-0.2, -0.15) is 0 Å². The first-order chi connectivity index (χ1) is 9.61. The first-order valence-electron chi connectivity index (χ1n) is 7.00. The minimum absolute atomic E-state index is 0.253. The molecule has 0 amide bonds. The molecule has 20 heavy (non-hydrogen) atoms. The van der Waals surface area contributed by atoms with E-state index < -0.39 is 5.97 Å². The molecule has 0 bridgehead atoms. The molecule has 1 aliphatic heterocycles. The molecule has 0 spiro atoms. The topological polar surface area (TPSA) is 40.5 Å². The lowest BCUT2D eigenvalue weighted by Crippen LogP contribution is -2.32. The predicted octanol–water partition coefficient (Wildman–Crippen LogP) is 4.17. The van der Waals surface area contributed by atoms with Gasteiger partial charge >= 0.3 is 5.97 Å². The van der Waals surface area contributed by atoms with Gasteiger partial charge in [-0.25, -0.2) is 0 Å². The summed E-state index contributed by atoms with van der Waals surface area (Å²) < 4.78 is 1.12. The highest BCUT2D eigenvalue weighted by Gasteiger charge is 2.25. The van der Waals surface area contributed by atoms with Crippen molar-refractivity contribution in [2.45, 2.75) is 37.1 Å². The van der Waals surface area contributed by atoms with E-state index in [0.717, 1.165) is 36.2 Å². The van der Waals surface area contributed by atoms with Gasteiger partial charge in [0.2, 0.25) is 0 Å². The number of carboxylic acid groups (broad SMARTS) is 1. The number of carbonyl (C=O) groups is 1. The van der Waals surface area contributed by atoms with Crippen LogP contribution in [0.3, 0.4) is 0 Å². The van der Waals surface area contributed by atoms with Crippen molar-refractivity contribution in [3.8, 4) is 0 Å². The van der Waals surface area contributed by atoms with Crippen LogP contribution < -0.4 is 0 Å². The Morgan fingerprint density at radius 3 is 3.05 bits per heavy atom. The minimum Gasteiger partial charge on any atom is -0.481 e. The van der Waals surface area contributed by atoms with Gasteiger partial charge in [-0.1, -0.05) is 22.9 Å². The van der Waals surface area contributed by atoms with Gasteiger partial charge in [0.1, 0.15) is 0 Å². The van der Waals surface area contributed by atoms with Crippen molar-refractivity contribution >= 4 is 33.7 Å². The highest BCUT2D eigenvalue weighted by molar-refractivity contribution is 9.10. The molecule has 1 aromatic rings. The summed E-state index contributed by atoms with van der Waals surface area (Å²) in [6.45, 7) is 3.96. The largest absolute Gasteiger partial charge is 0.481 e. The smallest absolute Gasteiger partial charge is 0.303 e. The van der Waals surface area contributed by atoms with E-state index in [-0.39, 0.29) is 6.42 Å². The molecule has 2 rings (SSSR count). The Labute approximate surface area is 132 Å². The molecule has 0 radical (unpaired) electrons. The second kappa shape index (κ2) is 7.48. The molecule has 5 heteroatoms. The summed E-state index contributed by atoms with van der Waals surface area (Å²) in [5, 5.41) is 8.78. The quantitative estimate of drug-likeness (QED) is 0.829.